The van der Waals surface area contributed by atoms with Gasteiger partial charge in [0, 0.05) is 5.56 Å². The number of benzene rings is 2. The van der Waals surface area contributed by atoms with E-state index >= 15 is 0 Å². The second-order valence-corrected chi connectivity index (χ2v) is 8.11. The summed E-state index contributed by atoms with van der Waals surface area (Å²) in [6, 6.07) is 13.4. The molecule has 146 valence electrons. The third-order valence-electron chi connectivity index (χ3n) is 4.59. The first-order valence-electron chi connectivity index (χ1n) is 8.97. The van der Waals surface area contributed by atoms with E-state index in [-0.39, 0.29) is 6.10 Å². The Labute approximate surface area is 177 Å². The van der Waals surface area contributed by atoms with E-state index in [1.165, 1.54) is 5.56 Å². The molecule has 1 saturated heterocycles. The molecule has 0 radical (unpaired) electrons. The molecule has 2 atom stereocenters. The van der Waals surface area contributed by atoms with Crippen LogP contribution in [0.5, 0.6) is 11.5 Å². The smallest absolute Gasteiger partial charge is 0.215 e. The lowest BCUT2D eigenvalue weighted by Gasteiger charge is -2.30. The van der Waals surface area contributed by atoms with Crippen LogP contribution in [-0.4, -0.2) is 22.3 Å². The summed E-state index contributed by atoms with van der Waals surface area (Å²) in [5, 5.41) is 0.523. The summed E-state index contributed by atoms with van der Waals surface area (Å²) >= 11 is 10.1. The third-order valence-corrected chi connectivity index (χ3v) is 5.56. The molecule has 0 spiro atoms. The second-order valence-electron chi connectivity index (χ2n) is 6.89. The molecule has 0 bridgehead atoms. The molecule has 7 heteroatoms. The predicted octanol–water partition coefficient (Wildman–Crippen LogP) is 5.69. The fourth-order valence-electron chi connectivity index (χ4n) is 3.21. The van der Waals surface area contributed by atoms with Crippen molar-refractivity contribution in [2.45, 2.75) is 32.3 Å². The minimum absolute atomic E-state index is 0.0400. The molecule has 2 heterocycles. The Kier molecular flexibility index (Phi) is 5.47. The predicted molar refractivity (Wildman–Crippen MR) is 111 cm³/mol. The lowest BCUT2D eigenvalue weighted by atomic mass is 10.0. The number of ether oxygens (including phenoxy) is 3. The molecule has 2 aromatic carbocycles. The summed E-state index contributed by atoms with van der Waals surface area (Å²) in [5.74, 6) is 0.429. The molecular formula is C21H20BrClN2O3. The zero-order valence-electron chi connectivity index (χ0n) is 15.6. The van der Waals surface area contributed by atoms with Gasteiger partial charge in [0.15, 0.2) is 0 Å². The highest BCUT2D eigenvalue weighted by Crippen LogP contribution is 2.41. The molecule has 1 fully saturated rings. The van der Waals surface area contributed by atoms with Gasteiger partial charge in [-0.05, 0) is 60.1 Å². The minimum Gasteiger partial charge on any atom is -0.457 e. The average Bonchev–Trinajstić information content (AvgIpc) is 3.23. The van der Waals surface area contributed by atoms with E-state index in [1.807, 2.05) is 54.8 Å². The van der Waals surface area contributed by atoms with Crippen LogP contribution in [0.1, 0.15) is 18.1 Å². The summed E-state index contributed by atoms with van der Waals surface area (Å²) in [7, 11) is 0. The summed E-state index contributed by atoms with van der Waals surface area (Å²) in [6.45, 7) is 4.93. The van der Waals surface area contributed by atoms with Crippen LogP contribution in [-0.2, 0) is 21.8 Å². The van der Waals surface area contributed by atoms with E-state index in [0.29, 0.717) is 23.9 Å². The van der Waals surface area contributed by atoms with Crippen molar-refractivity contribution in [3.63, 3.8) is 0 Å². The van der Waals surface area contributed by atoms with Gasteiger partial charge in [0.1, 0.15) is 16.1 Å². The largest absolute Gasteiger partial charge is 0.457 e. The van der Waals surface area contributed by atoms with Crippen molar-refractivity contribution in [3.8, 4) is 11.5 Å². The Hall–Kier alpha value is -1.86. The van der Waals surface area contributed by atoms with Crippen molar-refractivity contribution >= 4 is 27.5 Å². The van der Waals surface area contributed by atoms with Crippen LogP contribution >= 0.6 is 27.5 Å². The highest BCUT2D eigenvalue weighted by molar-refractivity contribution is 9.10. The van der Waals surface area contributed by atoms with Gasteiger partial charge in [-0.25, -0.2) is 4.98 Å². The monoisotopic (exact) mass is 462 g/mol. The van der Waals surface area contributed by atoms with Gasteiger partial charge in [0.2, 0.25) is 5.79 Å². The highest BCUT2D eigenvalue weighted by atomic mass is 79.9. The Balaban J connectivity index is 1.63. The molecule has 1 aliphatic heterocycles. The highest BCUT2D eigenvalue weighted by Gasteiger charge is 2.44. The van der Waals surface area contributed by atoms with Gasteiger partial charge in [-0.3, -0.25) is 0 Å². The van der Waals surface area contributed by atoms with Crippen LogP contribution in [0.3, 0.4) is 0 Å². The van der Waals surface area contributed by atoms with Gasteiger partial charge in [-0.1, -0.05) is 29.3 Å². The Bertz CT molecular complexity index is 976. The molecule has 2 unspecified atom stereocenters. The summed E-state index contributed by atoms with van der Waals surface area (Å²) in [5.41, 5.74) is 1.94. The van der Waals surface area contributed by atoms with E-state index in [2.05, 4.69) is 20.9 Å². The van der Waals surface area contributed by atoms with Gasteiger partial charge in [0.25, 0.3) is 0 Å². The lowest BCUT2D eigenvalue weighted by Crippen LogP contribution is -2.33. The third kappa shape index (κ3) is 3.96. The lowest BCUT2D eigenvalue weighted by molar-refractivity contribution is -0.185. The number of aryl methyl sites for hydroxylation is 1. The van der Waals surface area contributed by atoms with Crippen LogP contribution in [0, 0.1) is 6.92 Å². The zero-order chi connectivity index (χ0) is 19.7. The maximum Gasteiger partial charge on any atom is 0.215 e. The van der Waals surface area contributed by atoms with Gasteiger partial charge >= 0.3 is 0 Å². The summed E-state index contributed by atoms with van der Waals surface area (Å²) in [6.07, 6.45) is 3.41. The molecule has 0 saturated carbocycles. The van der Waals surface area contributed by atoms with Gasteiger partial charge in [0.05, 0.1) is 36.8 Å². The minimum atomic E-state index is -0.984. The van der Waals surface area contributed by atoms with Crippen molar-refractivity contribution in [1.29, 1.82) is 0 Å². The van der Waals surface area contributed by atoms with Crippen LogP contribution in [0.15, 0.2) is 59.6 Å². The standard InChI is InChI=1S/C21H20BrClN2O3/c1-14-3-5-16(6-4-14)27-17-7-8-18(19(23)9-17)21(26-11-15(2)28-21)12-25-13-24-10-20(25)22/h3-10,13,15H,11-12H2,1-2H3. The fraction of sp³-hybridized carbons (Fsp3) is 0.286. The van der Waals surface area contributed by atoms with E-state index < -0.39 is 5.79 Å². The number of hydrogen-bond donors (Lipinski definition) is 0. The number of nitrogens with zero attached hydrogens (tertiary/aromatic N) is 2. The molecular weight excluding hydrogens is 444 g/mol. The van der Waals surface area contributed by atoms with Crippen molar-refractivity contribution < 1.29 is 14.2 Å². The number of halogens is 2. The van der Waals surface area contributed by atoms with E-state index in [4.69, 9.17) is 25.8 Å². The SMILES string of the molecule is Cc1ccc(Oc2ccc(C3(Cn4cncc4Br)OCC(C)O3)c(Cl)c2)cc1. The topological polar surface area (TPSA) is 45.5 Å². The average molecular weight is 464 g/mol. The van der Waals surface area contributed by atoms with Crippen molar-refractivity contribution in [1.82, 2.24) is 9.55 Å². The molecule has 0 N–H and O–H groups in total. The van der Waals surface area contributed by atoms with Crippen molar-refractivity contribution in [2.75, 3.05) is 6.61 Å². The van der Waals surface area contributed by atoms with E-state index in [9.17, 15) is 0 Å². The first kappa shape index (κ1) is 19.5. The van der Waals surface area contributed by atoms with Gasteiger partial charge < -0.3 is 18.8 Å². The molecule has 3 aromatic rings. The van der Waals surface area contributed by atoms with E-state index in [1.54, 1.807) is 18.6 Å². The van der Waals surface area contributed by atoms with Crippen LogP contribution in [0.2, 0.25) is 5.02 Å². The molecule has 0 amide bonds. The quantitative estimate of drug-likeness (QED) is 0.488. The van der Waals surface area contributed by atoms with Crippen LogP contribution in [0.25, 0.3) is 0 Å². The zero-order valence-corrected chi connectivity index (χ0v) is 17.9. The molecule has 0 aliphatic carbocycles. The summed E-state index contributed by atoms with van der Waals surface area (Å²) < 4.78 is 21.0. The number of aromatic nitrogens is 2. The first-order valence-corrected chi connectivity index (χ1v) is 10.1. The maximum absolute atomic E-state index is 6.64. The van der Waals surface area contributed by atoms with E-state index in [0.717, 1.165) is 15.9 Å². The Morgan fingerprint density at radius 1 is 1.25 bits per heavy atom. The number of imidazole rings is 1. The van der Waals surface area contributed by atoms with Gasteiger partial charge in [-0.2, -0.15) is 0 Å². The van der Waals surface area contributed by atoms with Crippen LogP contribution < -0.4 is 4.74 Å². The summed E-state index contributed by atoms with van der Waals surface area (Å²) in [4.78, 5) is 4.15. The molecule has 1 aliphatic rings. The van der Waals surface area contributed by atoms with Gasteiger partial charge in [-0.15, -0.1) is 0 Å². The number of hydrogen-bond acceptors (Lipinski definition) is 4. The normalized spacial score (nSPS) is 21.8. The Morgan fingerprint density at radius 2 is 2.00 bits per heavy atom. The maximum atomic E-state index is 6.64. The van der Waals surface area contributed by atoms with Crippen LogP contribution in [0.4, 0.5) is 0 Å². The Morgan fingerprint density at radius 3 is 2.61 bits per heavy atom. The second kappa shape index (κ2) is 7.87. The van der Waals surface area contributed by atoms with Crippen molar-refractivity contribution in [2.24, 2.45) is 0 Å². The molecule has 28 heavy (non-hydrogen) atoms. The first-order chi connectivity index (χ1) is 13.4. The fourth-order valence-corrected chi connectivity index (χ4v) is 3.86. The molecule has 5 nitrogen and oxygen atoms in total. The molecule has 1 aromatic heterocycles. The van der Waals surface area contributed by atoms with Crippen molar-refractivity contribution in [3.05, 3.63) is 75.7 Å². The molecule has 4 rings (SSSR count). The number of rotatable bonds is 5.